The number of hydrogen-bond acceptors (Lipinski definition) is 3. The van der Waals surface area contributed by atoms with E-state index in [0.29, 0.717) is 16.8 Å². The molecular formula is C28H22N2O2. The van der Waals surface area contributed by atoms with Crippen molar-refractivity contribution < 1.29 is 9.90 Å². The number of nitrogens with zero attached hydrogens (tertiary/aromatic N) is 2. The molecule has 0 radical (unpaired) electrons. The predicted octanol–water partition coefficient (Wildman–Crippen LogP) is 5.71. The van der Waals surface area contributed by atoms with Gasteiger partial charge in [-0.1, -0.05) is 56.3 Å². The van der Waals surface area contributed by atoms with Gasteiger partial charge in [0.2, 0.25) is 0 Å². The first kappa shape index (κ1) is 19.0. The molecule has 2 heterocycles. The molecule has 4 heteroatoms. The molecule has 6 rings (SSSR count). The lowest BCUT2D eigenvalue weighted by molar-refractivity contribution is 0.0892. The lowest BCUT2D eigenvalue weighted by Gasteiger charge is -2.28. The molecule has 1 amide bonds. The number of aliphatic hydroxyl groups is 1. The van der Waals surface area contributed by atoms with Crippen LogP contribution in [0.4, 0.5) is 5.69 Å². The second-order valence-electron chi connectivity index (χ2n) is 8.96. The van der Waals surface area contributed by atoms with Crippen LogP contribution in [0.25, 0.3) is 22.3 Å². The Balaban J connectivity index is 1.67. The number of carbonyl (C=O) groups excluding carboxylic acids is 1. The molecule has 4 nitrogen and oxygen atoms in total. The largest absolute Gasteiger partial charge is 0.369 e. The van der Waals surface area contributed by atoms with Crippen LogP contribution in [0.5, 0.6) is 0 Å². The molecule has 1 aliphatic heterocycles. The van der Waals surface area contributed by atoms with Crippen molar-refractivity contribution in [3.63, 3.8) is 0 Å². The monoisotopic (exact) mass is 418 g/mol. The summed E-state index contributed by atoms with van der Waals surface area (Å²) in [6, 6.07) is 23.7. The van der Waals surface area contributed by atoms with Crippen LogP contribution in [0.1, 0.15) is 47.1 Å². The van der Waals surface area contributed by atoms with Gasteiger partial charge in [-0.3, -0.25) is 14.7 Å². The topological polar surface area (TPSA) is 53.4 Å². The number of benzene rings is 3. The molecule has 1 aliphatic carbocycles. The fourth-order valence-corrected chi connectivity index (χ4v) is 5.23. The van der Waals surface area contributed by atoms with E-state index in [1.807, 2.05) is 36.4 Å². The van der Waals surface area contributed by atoms with Gasteiger partial charge in [-0.05, 0) is 58.1 Å². The van der Waals surface area contributed by atoms with Crippen LogP contribution in [0.2, 0.25) is 0 Å². The number of carbonyl (C=O) groups is 1. The Kier molecular flexibility index (Phi) is 3.92. The van der Waals surface area contributed by atoms with Gasteiger partial charge in [-0.25, -0.2) is 0 Å². The normalized spacial score (nSPS) is 17.8. The van der Waals surface area contributed by atoms with Crippen molar-refractivity contribution in [2.24, 2.45) is 0 Å². The molecule has 0 bridgehead atoms. The molecule has 0 saturated carbocycles. The maximum Gasteiger partial charge on any atom is 0.261 e. The van der Waals surface area contributed by atoms with Crippen molar-refractivity contribution in [3.8, 4) is 22.3 Å². The highest BCUT2D eigenvalue weighted by atomic mass is 16.3. The van der Waals surface area contributed by atoms with Gasteiger partial charge in [0.25, 0.3) is 5.91 Å². The number of amides is 1. The Hall–Kier alpha value is -3.76. The van der Waals surface area contributed by atoms with E-state index in [0.717, 1.165) is 16.7 Å². The summed E-state index contributed by atoms with van der Waals surface area (Å²) < 4.78 is 0. The van der Waals surface area contributed by atoms with Crippen molar-refractivity contribution in [2.75, 3.05) is 4.90 Å². The Morgan fingerprint density at radius 2 is 1.56 bits per heavy atom. The Morgan fingerprint density at radius 3 is 2.38 bits per heavy atom. The van der Waals surface area contributed by atoms with Gasteiger partial charge < -0.3 is 5.11 Å². The third-order valence-corrected chi connectivity index (χ3v) is 6.87. The van der Waals surface area contributed by atoms with Crippen LogP contribution in [-0.4, -0.2) is 16.0 Å². The Morgan fingerprint density at radius 1 is 0.812 bits per heavy atom. The molecule has 0 spiro atoms. The molecular weight excluding hydrogens is 396 g/mol. The van der Waals surface area contributed by atoms with E-state index in [1.165, 1.54) is 21.6 Å². The first-order valence-corrected chi connectivity index (χ1v) is 10.8. The summed E-state index contributed by atoms with van der Waals surface area (Å²) in [5.41, 5.74) is 8.08. The molecule has 0 saturated heterocycles. The highest BCUT2D eigenvalue weighted by Crippen LogP contribution is 2.52. The zero-order valence-electron chi connectivity index (χ0n) is 17.9. The third kappa shape index (κ3) is 2.47. The third-order valence-electron chi connectivity index (χ3n) is 6.87. The van der Waals surface area contributed by atoms with E-state index in [4.69, 9.17) is 0 Å². The van der Waals surface area contributed by atoms with Gasteiger partial charge in [0.15, 0.2) is 6.23 Å². The standard InChI is InChI=1S/C28H22N2O2/c1-28(2)24-11-7-6-10-18(24)21-14-22-20(15-25(21)28)23-16-29-13-12-19(23)26(31)30(27(22)32)17-8-4-3-5-9-17/h3-16,27,32H,1-2H3. The summed E-state index contributed by atoms with van der Waals surface area (Å²) in [4.78, 5) is 19.4. The van der Waals surface area contributed by atoms with Crippen molar-refractivity contribution in [3.05, 3.63) is 107 Å². The van der Waals surface area contributed by atoms with Crippen molar-refractivity contribution in [1.29, 1.82) is 0 Å². The van der Waals surface area contributed by atoms with Crippen LogP contribution < -0.4 is 4.90 Å². The summed E-state index contributed by atoms with van der Waals surface area (Å²) in [5, 5.41) is 11.6. The second-order valence-corrected chi connectivity index (χ2v) is 8.96. The summed E-state index contributed by atoms with van der Waals surface area (Å²) in [6.07, 6.45) is 2.24. The molecule has 4 aromatic rings. The lowest BCUT2D eigenvalue weighted by atomic mass is 9.81. The number of hydrogen-bond donors (Lipinski definition) is 1. The number of rotatable bonds is 1. The minimum atomic E-state index is -1.12. The zero-order valence-corrected chi connectivity index (χ0v) is 17.9. The van der Waals surface area contributed by atoms with E-state index in [1.54, 1.807) is 18.5 Å². The second kappa shape index (κ2) is 6.62. The van der Waals surface area contributed by atoms with E-state index in [-0.39, 0.29) is 11.3 Å². The highest BCUT2D eigenvalue weighted by Gasteiger charge is 2.39. The fourth-order valence-electron chi connectivity index (χ4n) is 5.23. The molecule has 1 atom stereocenters. The summed E-state index contributed by atoms with van der Waals surface area (Å²) in [6.45, 7) is 4.45. The number of aliphatic hydroxyl groups excluding tert-OH is 1. The van der Waals surface area contributed by atoms with Gasteiger partial charge in [0, 0.05) is 34.6 Å². The molecule has 0 fully saturated rings. The van der Waals surface area contributed by atoms with Crippen molar-refractivity contribution >= 4 is 11.6 Å². The smallest absolute Gasteiger partial charge is 0.261 e. The number of aromatic nitrogens is 1. The van der Waals surface area contributed by atoms with E-state index >= 15 is 0 Å². The molecule has 1 N–H and O–H groups in total. The van der Waals surface area contributed by atoms with Crippen molar-refractivity contribution in [1.82, 2.24) is 4.98 Å². The summed E-state index contributed by atoms with van der Waals surface area (Å²) in [5.74, 6) is -0.239. The van der Waals surface area contributed by atoms with Crippen LogP contribution >= 0.6 is 0 Å². The van der Waals surface area contributed by atoms with Gasteiger partial charge in [-0.2, -0.15) is 0 Å². The lowest BCUT2D eigenvalue weighted by Crippen LogP contribution is -2.34. The molecule has 1 unspecified atom stereocenters. The van der Waals surface area contributed by atoms with Gasteiger partial charge in [-0.15, -0.1) is 0 Å². The van der Waals surface area contributed by atoms with E-state index in [2.05, 4.69) is 49.2 Å². The summed E-state index contributed by atoms with van der Waals surface area (Å²) >= 11 is 0. The average Bonchev–Trinajstić information content (AvgIpc) is 3.00. The minimum Gasteiger partial charge on any atom is -0.369 e. The van der Waals surface area contributed by atoms with Gasteiger partial charge in [0.05, 0.1) is 5.56 Å². The van der Waals surface area contributed by atoms with Crippen LogP contribution in [-0.2, 0) is 5.41 Å². The first-order valence-electron chi connectivity index (χ1n) is 10.8. The minimum absolute atomic E-state index is 0.177. The molecule has 3 aromatic carbocycles. The van der Waals surface area contributed by atoms with Crippen LogP contribution in [0.3, 0.4) is 0 Å². The van der Waals surface area contributed by atoms with E-state index < -0.39 is 6.23 Å². The van der Waals surface area contributed by atoms with Crippen LogP contribution in [0, 0.1) is 0 Å². The van der Waals surface area contributed by atoms with Gasteiger partial charge in [0.1, 0.15) is 0 Å². The van der Waals surface area contributed by atoms with Crippen molar-refractivity contribution in [2.45, 2.75) is 25.5 Å². The highest BCUT2D eigenvalue weighted by molar-refractivity contribution is 6.12. The quantitative estimate of drug-likeness (QED) is 0.431. The molecule has 32 heavy (non-hydrogen) atoms. The molecule has 2 aliphatic rings. The number of anilines is 1. The van der Waals surface area contributed by atoms with Gasteiger partial charge >= 0.3 is 0 Å². The summed E-state index contributed by atoms with van der Waals surface area (Å²) in [7, 11) is 0. The number of para-hydroxylation sites is 1. The Labute approximate surface area is 186 Å². The average molecular weight is 418 g/mol. The zero-order chi connectivity index (χ0) is 22.0. The molecule has 1 aromatic heterocycles. The number of pyridine rings is 1. The first-order chi connectivity index (χ1) is 15.5. The molecule has 156 valence electrons. The SMILES string of the molecule is CC1(C)c2ccccc2-c2cc3c(cc21)-c1cnccc1C(=O)N(c1ccccc1)C3O. The number of fused-ring (bicyclic) bond motifs is 6. The fraction of sp³-hybridized carbons (Fsp3) is 0.143. The predicted molar refractivity (Wildman–Crippen MR) is 125 cm³/mol. The maximum atomic E-state index is 13.6. The van der Waals surface area contributed by atoms with E-state index in [9.17, 15) is 9.90 Å². The van der Waals surface area contributed by atoms with Crippen LogP contribution in [0.15, 0.2) is 85.2 Å². The maximum absolute atomic E-state index is 13.6. The Bertz CT molecular complexity index is 1390.